The molecule has 3 rings (SSSR count). The lowest BCUT2D eigenvalue weighted by Gasteiger charge is -2.20. The van der Waals surface area contributed by atoms with Gasteiger partial charge in [-0.15, -0.1) is 10.2 Å². The van der Waals surface area contributed by atoms with Crippen LogP contribution in [0.25, 0.3) is 0 Å². The first-order valence-electron chi connectivity index (χ1n) is 8.42. The average Bonchev–Trinajstić information content (AvgIpc) is 3.25. The predicted molar refractivity (Wildman–Crippen MR) is 101 cm³/mol. The molecule has 7 nitrogen and oxygen atoms in total. The van der Waals surface area contributed by atoms with Crippen LogP contribution >= 0.6 is 11.8 Å². The summed E-state index contributed by atoms with van der Waals surface area (Å²) < 4.78 is 3.89. The molecule has 3 aromatic rings. The Labute approximate surface area is 156 Å². The first-order valence-corrected chi connectivity index (χ1v) is 9.41. The van der Waals surface area contributed by atoms with Gasteiger partial charge in [0.15, 0.2) is 5.16 Å². The van der Waals surface area contributed by atoms with Crippen LogP contribution in [0, 0.1) is 6.92 Å². The summed E-state index contributed by atoms with van der Waals surface area (Å²) in [7, 11) is 1.86. The fourth-order valence-electron chi connectivity index (χ4n) is 2.69. The summed E-state index contributed by atoms with van der Waals surface area (Å²) in [5.41, 5.74) is 1.10. The molecule has 0 bridgehead atoms. The summed E-state index contributed by atoms with van der Waals surface area (Å²) in [6.45, 7) is 2.77. The summed E-state index contributed by atoms with van der Waals surface area (Å²) in [5, 5.41) is 11.7. The van der Waals surface area contributed by atoms with Crippen molar-refractivity contribution in [3.8, 4) is 0 Å². The lowest BCUT2D eigenvalue weighted by atomic mass is 10.0. The van der Waals surface area contributed by atoms with Crippen molar-refractivity contribution >= 4 is 17.7 Å². The van der Waals surface area contributed by atoms with Crippen LogP contribution < -0.4 is 5.32 Å². The second-order valence-corrected chi connectivity index (χ2v) is 6.94. The molecule has 1 aromatic carbocycles. The van der Waals surface area contributed by atoms with Gasteiger partial charge in [-0.05, 0) is 18.9 Å². The fourth-order valence-corrected chi connectivity index (χ4v) is 3.38. The number of hydrogen-bond donors (Lipinski definition) is 1. The molecule has 136 valence electrons. The van der Waals surface area contributed by atoms with Gasteiger partial charge in [0.05, 0.1) is 11.8 Å². The number of hydrogen-bond acceptors (Lipinski definition) is 5. The molecular formula is C18H22N6OS. The molecule has 1 N–H and O–H groups in total. The number of nitrogens with one attached hydrogen (secondary N) is 1. The second kappa shape index (κ2) is 8.66. The molecule has 2 aromatic heterocycles. The summed E-state index contributed by atoms with van der Waals surface area (Å²) in [5.74, 6) is 1.26. The van der Waals surface area contributed by atoms with Gasteiger partial charge in [0, 0.05) is 26.0 Å². The molecule has 1 amide bonds. The predicted octanol–water partition coefficient (Wildman–Crippen LogP) is 2.36. The molecule has 0 aliphatic heterocycles. The first kappa shape index (κ1) is 18.2. The van der Waals surface area contributed by atoms with Crippen LogP contribution in [0.1, 0.15) is 23.9 Å². The molecule has 8 heteroatoms. The highest BCUT2D eigenvalue weighted by Crippen LogP contribution is 2.19. The maximum atomic E-state index is 12.5. The van der Waals surface area contributed by atoms with E-state index in [4.69, 9.17) is 0 Å². The van der Waals surface area contributed by atoms with Crippen LogP contribution in [0.3, 0.4) is 0 Å². The van der Waals surface area contributed by atoms with Gasteiger partial charge in [0.25, 0.3) is 0 Å². The maximum Gasteiger partial charge on any atom is 0.230 e. The highest BCUT2D eigenvalue weighted by atomic mass is 32.2. The number of amides is 1. The normalized spacial score (nSPS) is 12.1. The zero-order valence-electron chi connectivity index (χ0n) is 14.9. The van der Waals surface area contributed by atoms with Crippen LogP contribution in [-0.2, 0) is 18.4 Å². The number of nitrogens with zero attached hydrogens (tertiary/aromatic N) is 5. The Morgan fingerprint density at radius 1 is 1.31 bits per heavy atom. The molecule has 1 unspecified atom stereocenters. The van der Waals surface area contributed by atoms with Crippen molar-refractivity contribution in [2.24, 2.45) is 7.05 Å². The van der Waals surface area contributed by atoms with E-state index in [1.165, 1.54) is 11.8 Å². The fraction of sp³-hybridized carbons (Fsp3) is 0.333. The molecule has 0 fully saturated rings. The minimum Gasteiger partial charge on any atom is -0.349 e. The van der Waals surface area contributed by atoms with Crippen molar-refractivity contribution in [1.29, 1.82) is 0 Å². The SMILES string of the molecule is Cc1nccn1CCC(NC(=O)CSc1nncn1C)c1ccccc1. The molecule has 0 saturated heterocycles. The van der Waals surface area contributed by atoms with Gasteiger partial charge in [-0.3, -0.25) is 4.79 Å². The van der Waals surface area contributed by atoms with Gasteiger partial charge < -0.3 is 14.5 Å². The molecule has 0 aliphatic carbocycles. The average molecular weight is 370 g/mol. The van der Waals surface area contributed by atoms with E-state index in [2.05, 4.69) is 25.1 Å². The third-order valence-electron chi connectivity index (χ3n) is 4.12. The van der Waals surface area contributed by atoms with Crippen molar-refractivity contribution in [2.45, 2.75) is 31.1 Å². The van der Waals surface area contributed by atoms with Crippen molar-refractivity contribution in [3.63, 3.8) is 0 Å². The molecular weight excluding hydrogens is 348 g/mol. The Balaban J connectivity index is 1.62. The van der Waals surface area contributed by atoms with E-state index < -0.39 is 0 Å². The number of thioether (sulfide) groups is 1. The Morgan fingerprint density at radius 2 is 2.12 bits per heavy atom. The Morgan fingerprint density at radius 3 is 2.77 bits per heavy atom. The van der Waals surface area contributed by atoms with Crippen molar-refractivity contribution in [1.82, 2.24) is 29.6 Å². The number of imidazole rings is 1. The quantitative estimate of drug-likeness (QED) is 0.616. The smallest absolute Gasteiger partial charge is 0.230 e. The number of aromatic nitrogens is 5. The van der Waals surface area contributed by atoms with Crippen LogP contribution in [0.15, 0.2) is 54.2 Å². The highest BCUT2D eigenvalue weighted by Gasteiger charge is 2.16. The molecule has 0 aliphatic rings. The third-order valence-corrected chi connectivity index (χ3v) is 5.16. The molecule has 0 saturated carbocycles. The van der Waals surface area contributed by atoms with E-state index in [1.807, 2.05) is 50.5 Å². The van der Waals surface area contributed by atoms with Crippen LogP contribution in [0.4, 0.5) is 0 Å². The van der Waals surface area contributed by atoms with Crippen molar-refractivity contribution in [2.75, 3.05) is 5.75 Å². The van der Waals surface area contributed by atoms with Crippen LogP contribution in [0.2, 0.25) is 0 Å². The van der Waals surface area contributed by atoms with Gasteiger partial charge in [-0.2, -0.15) is 0 Å². The number of carbonyl (C=O) groups excluding carboxylic acids is 1. The van der Waals surface area contributed by atoms with Crippen molar-refractivity contribution in [3.05, 3.63) is 60.4 Å². The standard InChI is InChI=1S/C18H22N6OS/c1-14-19-9-11-24(14)10-8-16(15-6-4-3-5-7-15)21-17(25)12-26-18-22-20-13-23(18)2/h3-7,9,11,13,16H,8,10,12H2,1-2H3,(H,21,25). The Kier molecular flexibility index (Phi) is 6.06. The molecule has 2 heterocycles. The number of rotatable bonds is 8. The molecule has 1 atom stereocenters. The third kappa shape index (κ3) is 4.72. The number of carbonyl (C=O) groups is 1. The monoisotopic (exact) mass is 370 g/mol. The second-order valence-electron chi connectivity index (χ2n) is 6.00. The lowest BCUT2D eigenvalue weighted by Crippen LogP contribution is -2.31. The van der Waals surface area contributed by atoms with Gasteiger partial charge in [-0.25, -0.2) is 4.98 Å². The van der Waals surface area contributed by atoms with E-state index in [0.29, 0.717) is 5.75 Å². The largest absolute Gasteiger partial charge is 0.349 e. The van der Waals surface area contributed by atoms with E-state index in [-0.39, 0.29) is 11.9 Å². The van der Waals surface area contributed by atoms with E-state index in [1.54, 1.807) is 17.1 Å². The zero-order valence-corrected chi connectivity index (χ0v) is 15.7. The molecule has 0 radical (unpaired) electrons. The highest BCUT2D eigenvalue weighted by molar-refractivity contribution is 7.99. The van der Waals surface area contributed by atoms with E-state index >= 15 is 0 Å². The minimum atomic E-state index is -0.0504. The van der Waals surface area contributed by atoms with Crippen LogP contribution in [-0.4, -0.2) is 36.0 Å². The molecule has 26 heavy (non-hydrogen) atoms. The first-order chi connectivity index (χ1) is 12.6. The number of benzene rings is 1. The summed E-state index contributed by atoms with van der Waals surface area (Å²) in [6, 6.07) is 10.00. The van der Waals surface area contributed by atoms with Gasteiger partial charge in [0.2, 0.25) is 5.91 Å². The zero-order chi connectivity index (χ0) is 18.4. The van der Waals surface area contributed by atoms with E-state index in [9.17, 15) is 4.79 Å². The lowest BCUT2D eigenvalue weighted by molar-refractivity contribution is -0.119. The maximum absolute atomic E-state index is 12.5. The van der Waals surface area contributed by atoms with Gasteiger partial charge in [0.1, 0.15) is 12.2 Å². The summed E-state index contributed by atoms with van der Waals surface area (Å²) >= 11 is 1.38. The van der Waals surface area contributed by atoms with Crippen molar-refractivity contribution < 1.29 is 4.79 Å². The van der Waals surface area contributed by atoms with Gasteiger partial charge >= 0.3 is 0 Å². The number of aryl methyl sites for hydroxylation is 3. The molecule has 0 spiro atoms. The summed E-state index contributed by atoms with van der Waals surface area (Å²) in [6.07, 6.45) is 6.17. The summed E-state index contributed by atoms with van der Waals surface area (Å²) in [4.78, 5) is 16.7. The minimum absolute atomic E-state index is 0.0193. The van der Waals surface area contributed by atoms with E-state index in [0.717, 1.165) is 29.5 Å². The Hall–Kier alpha value is -2.61. The Bertz CT molecular complexity index is 844. The van der Waals surface area contributed by atoms with Crippen LogP contribution in [0.5, 0.6) is 0 Å². The van der Waals surface area contributed by atoms with Gasteiger partial charge in [-0.1, -0.05) is 42.1 Å². The topological polar surface area (TPSA) is 77.6 Å².